The molecule has 4 rings (SSSR count). The molecule has 1 aliphatic heterocycles. The maximum atomic E-state index is 13.6. The number of halogens is 1. The summed E-state index contributed by atoms with van der Waals surface area (Å²) in [6, 6.07) is 19.3. The minimum Gasteiger partial charge on any atom is -0.494 e. The minimum absolute atomic E-state index is 0.196. The van der Waals surface area contributed by atoms with Gasteiger partial charge >= 0.3 is 5.97 Å². The number of carbonyl (C=O) groups is 2. The first-order chi connectivity index (χ1) is 15.9. The van der Waals surface area contributed by atoms with Gasteiger partial charge in [-0.3, -0.25) is 9.79 Å². The van der Waals surface area contributed by atoms with Crippen molar-refractivity contribution >= 4 is 29.6 Å². The van der Waals surface area contributed by atoms with Crippen molar-refractivity contribution in [2.75, 3.05) is 6.61 Å². The topological polar surface area (TPSA) is 76.0 Å². The van der Waals surface area contributed by atoms with E-state index < -0.39 is 11.5 Å². The average molecular weight is 460 g/mol. The Balaban J connectivity index is 1.77. The zero-order valence-electron chi connectivity index (χ0n) is 18.0. The first-order valence-corrected chi connectivity index (χ1v) is 10.9. The molecular weight excluding hydrogens is 438 g/mol. The molecule has 0 fully saturated rings. The fourth-order valence-corrected chi connectivity index (χ4v) is 4.16. The largest absolute Gasteiger partial charge is 0.494 e. The normalized spacial score (nSPS) is 16.7. The highest BCUT2D eigenvalue weighted by Gasteiger charge is 2.39. The van der Waals surface area contributed by atoms with E-state index in [1.165, 1.54) is 0 Å². The molecule has 1 heterocycles. The van der Waals surface area contributed by atoms with Crippen molar-refractivity contribution < 1.29 is 19.4 Å². The summed E-state index contributed by atoms with van der Waals surface area (Å²) in [4.78, 5) is 29.5. The van der Waals surface area contributed by atoms with E-state index in [2.05, 4.69) is 4.99 Å². The van der Waals surface area contributed by atoms with Crippen molar-refractivity contribution in [2.45, 2.75) is 18.9 Å². The molecule has 166 valence electrons. The molecule has 0 spiro atoms. The Bertz CT molecular complexity index is 1270. The van der Waals surface area contributed by atoms with E-state index in [1.807, 2.05) is 31.2 Å². The Morgan fingerprint density at radius 2 is 1.82 bits per heavy atom. The molecule has 5 nitrogen and oxygen atoms in total. The number of rotatable bonds is 8. The number of carboxylic acids is 1. The number of nitrogens with zero attached hydrogens (tertiary/aromatic N) is 1. The number of aromatic carboxylic acids is 1. The van der Waals surface area contributed by atoms with Crippen LogP contribution in [-0.4, -0.2) is 35.2 Å². The molecule has 0 aliphatic carbocycles. The van der Waals surface area contributed by atoms with Crippen molar-refractivity contribution in [2.24, 2.45) is 4.99 Å². The molecule has 6 heteroatoms. The quantitative estimate of drug-likeness (QED) is 0.425. The molecule has 0 amide bonds. The second-order valence-corrected chi connectivity index (χ2v) is 8.10. The molecule has 0 radical (unpaired) electrons. The van der Waals surface area contributed by atoms with Gasteiger partial charge in [0.25, 0.3) is 0 Å². The maximum absolute atomic E-state index is 13.6. The highest BCUT2D eigenvalue weighted by atomic mass is 35.5. The smallest absolute Gasteiger partial charge is 0.335 e. The van der Waals surface area contributed by atoms with E-state index in [4.69, 9.17) is 16.3 Å². The summed E-state index contributed by atoms with van der Waals surface area (Å²) in [5, 5.41) is 9.72. The van der Waals surface area contributed by atoms with Gasteiger partial charge in [-0.1, -0.05) is 41.9 Å². The van der Waals surface area contributed by atoms with Crippen LogP contribution in [0.2, 0.25) is 5.02 Å². The molecule has 1 N–H and O–H groups in total. The molecule has 0 saturated heterocycles. The molecule has 3 aromatic rings. The zero-order chi connectivity index (χ0) is 23.4. The highest BCUT2D eigenvalue weighted by Crippen LogP contribution is 2.35. The van der Waals surface area contributed by atoms with E-state index in [0.29, 0.717) is 22.9 Å². The highest BCUT2D eigenvalue weighted by molar-refractivity contribution is 6.34. The van der Waals surface area contributed by atoms with Gasteiger partial charge in [0.1, 0.15) is 11.3 Å². The van der Waals surface area contributed by atoms with Crippen molar-refractivity contribution in [1.29, 1.82) is 0 Å². The lowest BCUT2D eigenvalue weighted by atomic mass is 9.83. The number of ether oxygens (including phenoxy) is 1. The van der Waals surface area contributed by atoms with Gasteiger partial charge in [-0.05, 0) is 72.2 Å². The lowest BCUT2D eigenvalue weighted by molar-refractivity contribution is 0.0696. The van der Waals surface area contributed by atoms with E-state index in [0.717, 1.165) is 16.7 Å². The second kappa shape index (κ2) is 9.43. The van der Waals surface area contributed by atoms with E-state index in [1.54, 1.807) is 60.8 Å². The van der Waals surface area contributed by atoms with E-state index >= 15 is 0 Å². The Kier molecular flexibility index (Phi) is 6.43. The Labute approximate surface area is 197 Å². The Morgan fingerprint density at radius 3 is 2.52 bits per heavy atom. The van der Waals surface area contributed by atoms with Crippen LogP contribution in [0.25, 0.3) is 11.1 Å². The van der Waals surface area contributed by atoms with Crippen LogP contribution in [0.4, 0.5) is 0 Å². The molecule has 0 saturated carbocycles. The first-order valence-electron chi connectivity index (χ1n) is 10.6. The average Bonchev–Trinajstić information content (AvgIpc) is 3.30. The first kappa shape index (κ1) is 22.5. The summed E-state index contributed by atoms with van der Waals surface area (Å²) >= 11 is 6.32. The fourth-order valence-electron chi connectivity index (χ4n) is 3.93. The molecule has 0 bridgehead atoms. The standard InChI is InChI=1S/C27H22ClNO4/c1-2-33-24-12-11-19(18-7-5-8-20(15-18)26(31)32)16-21(24)17-27(13-6-14-29-27)25(30)22-9-3-4-10-23(22)28/h3-16H,2,17H2,1H3,(H,31,32). The van der Waals surface area contributed by atoms with Gasteiger partial charge in [0.05, 0.1) is 17.2 Å². The number of carboxylic acid groups (broad SMARTS) is 1. The number of ketones is 1. The summed E-state index contributed by atoms with van der Waals surface area (Å²) in [7, 11) is 0. The van der Waals surface area contributed by atoms with E-state index in [-0.39, 0.29) is 17.8 Å². The summed E-state index contributed by atoms with van der Waals surface area (Å²) in [6.07, 6.45) is 5.43. The third-order valence-electron chi connectivity index (χ3n) is 5.54. The van der Waals surface area contributed by atoms with Crippen molar-refractivity contribution in [3.05, 3.63) is 101 Å². The summed E-state index contributed by atoms with van der Waals surface area (Å²) in [5.41, 5.74) is 1.85. The predicted octanol–water partition coefficient (Wildman–Crippen LogP) is 5.91. The minimum atomic E-state index is -1.14. The number of hydrogen-bond donors (Lipinski definition) is 1. The third-order valence-corrected chi connectivity index (χ3v) is 5.87. The maximum Gasteiger partial charge on any atom is 0.335 e. The van der Waals surface area contributed by atoms with Crippen molar-refractivity contribution in [3.8, 4) is 16.9 Å². The molecule has 1 atom stereocenters. The predicted molar refractivity (Wildman–Crippen MR) is 130 cm³/mol. The van der Waals surface area contributed by atoms with Gasteiger partial charge in [-0.25, -0.2) is 4.79 Å². The van der Waals surface area contributed by atoms with Crippen LogP contribution in [0.5, 0.6) is 5.75 Å². The number of hydrogen-bond acceptors (Lipinski definition) is 4. The number of allylic oxidation sites excluding steroid dienone is 1. The summed E-state index contributed by atoms with van der Waals surface area (Å²) in [6.45, 7) is 2.36. The molecule has 1 unspecified atom stereocenters. The van der Waals surface area contributed by atoms with Gasteiger partial charge in [0, 0.05) is 18.2 Å². The molecular formula is C27H22ClNO4. The van der Waals surface area contributed by atoms with Crippen molar-refractivity contribution in [1.82, 2.24) is 0 Å². The van der Waals surface area contributed by atoms with Crippen LogP contribution < -0.4 is 4.74 Å². The fraction of sp³-hybridized carbons (Fsp3) is 0.148. The lowest BCUT2D eigenvalue weighted by Crippen LogP contribution is -2.36. The van der Waals surface area contributed by atoms with Gasteiger partial charge in [-0.15, -0.1) is 0 Å². The number of carbonyl (C=O) groups excluding carboxylic acids is 1. The molecule has 1 aliphatic rings. The van der Waals surface area contributed by atoms with Gasteiger partial charge in [0.15, 0.2) is 5.78 Å². The Hall–Kier alpha value is -3.70. The van der Waals surface area contributed by atoms with Crippen LogP contribution in [0.3, 0.4) is 0 Å². The monoisotopic (exact) mass is 459 g/mol. The van der Waals surface area contributed by atoms with Crippen LogP contribution >= 0.6 is 11.6 Å². The van der Waals surface area contributed by atoms with Crippen molar-refractivity contribution in [3.63, 3.8) is 0 Å². The van der Waals surface area contributed by atoms with Crippen LogP contribution in [0, 0.1) is 0 Å². The molecule has 0 aromatic heterocycles. The second-order valence-electron chi connectivity index (χ2n) is 7.69. The summed E-state index contributed by atoms with van der Waals surface area (Å²) in [5.74, 6) is -0.533. The van der Waals surface area contributed by atoms with E-state index in [9.17, 15) is 14.7 Å². The van der Waals surface area contributed by atoms with Gasteiger partial charge in [0.2, 0.25) is 0 Å². The third kappa shape index (κ3) is 4.59. The number of benzene rings is 3. The van der Waals surface area contributed by atoms with Crippen LogP contribution in [-0.2, 0) is 6.42 Å². The number of Topliss-reactive ketones (excluding diaryl/α,β-unsaturated/α-hetero) is 1. The van der Waals surface area contributed by atoms with Gasteiger partial charge < -0.3 is 9.84 Å². The van der Waals surface area contributed by atoms with Crippen LogP contribution in [0.15, 0.2) is 83.9 Å². The molecule has 3 aromatic carbocycles. The Morgan fingerprint density at radius 1 is 1.03 bits per heavy atom. The van der Waals surface area contributed by atoms with Crippen LogP contribution in [0.1, 0.15) is 33.2 Å². The molecule has 33 heavy (non-hydrogen) atoms. The van der Waals surface area contributed by atoms with Gasteiger partial charge in [-0.2, -0.15) is 0 Å². The SMILES string of the molecule is CCOc1ccc(-c2cccc(C(=O)O)c2)cc1CC1(C(=O)c2ccccc2Cl)C=CC=N1. The zero-order valence-corrected chi connectivity index (χ0v) is 18.8. The summed E-state index contributed by atoms with van der Waals surface area (Å²) < 4.78 is 5.85. The number of aliphatic imine (C=N–C) groups is 1. The lowest BCUT2D eigenvalue weighted by Gasteiger charge is -2.25.